The summed E-state index contributed by atoms with van der Waals surface area (Å²) in [5.74, 6) is -0.00648. The molecule has 110 valence electrons. The Hall–Kier alpha value is -2.33. The summed E-state index contributed by atoms with van der Waals surface area (Å²) in [6.45, 7) is 1.15. The second-order valence-electron chi connectivity index (χ2n) is 4.72. The third-order valence-corrected chi connectivity index (χ3v) is 2.98. The van der Waals surface area contributed by atoms with Crippen molar-refractivity contribution in [1.29, 1.82) is 0 Å². The lowest BCUT2D eigenvalue weighted by Gasteiger charge is -2.08. The maximum atomic E-state index is 11.9. The number of carbonyl (C=O) groups is 1. The van der Waals surface area contributed by atoms with E-state index in [1.807, 2.05) is 54.6 Å². The van der Waals surface area contributed by atoms with Crippen LogP contribution in [0.2, 0.25) is 0 Å². The molecular weight excluding hydrogens is 264 g/mol. The molecule has 0 saturated carbocycles. The summed E-state index contributed by atoms with van der Waals surface area (Å²) in [7, 11) is 1.65. The predicted molar refractivity (Wildman–Crippen MR) is 85.3 cm³/mol. The van der Waals surface area contributed by atoms with E-state index in [-0.39, 0.29) is 5.91 Å². The normalized spacial score (nSPS) is 10.1. The van der Waals surface area contributed by atoms with Gasteiger partial charge in [-0.1, -0.05) is 30.3 Å². The number of hydrogen-bond donors (Lipinski definition) is 2. The summed E-state index contributed by atoms with van der Waals surface area (Å²) in [6, 6.07) is 17.5. The van der Waals surface area contributed by atoms with Crippen molar-refractivity contribution in [2.75, 3.05) is 24.3 Å². The van der Waals surface area contributed by atoms with Crippen LogP contribution in [-0.4, -0.2) is 19.6 Å². The van der Waals surface area contributed by atoms with E-state index in [1.54, 1.807) is 7.11 Å². The van der Waals surface area contributed by atoms with Gasteiger partial charge in [-0.15, -0.1) is 0 Å². The zero-order chi connectivity index (χ0) is 14.9. The summed E-state index contributed by atoms with van der Waals surface area (Å²) in [4.78, 5) is 11.9. The van der Waals surface area contributed by atoms with Crippen LogP contribution in [0, 0.1) is 0 Å². The van der Waals surface area contributed by atoms with Gasteiger partial charge in [-0.05, 0) is 29.8 Å². The van der Waals surface area contributed by atoms with Crippen LogP contribution in [0.3, 0.4) is 0 Å². The van der Waals surface area contributed by atoms with Crippen molar-refractivity contribution in [2.24, 2.45) is 0 Å². The highest BCUT2D eigenvalue weighted by Crippen LogP contribution is 2.12. The molecule has 2 aromatic carbocycles. The van der Waals surface area contributed by atoms with E-state index in [2.05, 4.69) is 10.6 Å². The number of rotatable bonds is 7. The lowest BCUT2D eigenvalue weighted by atomic mass is 10.2. The fourth-order valence-corrected chi connectivity index (χ4v) is 2.01. The highest BCUT2D eigenvalue weighted by Gasteiger charge is 2.03. The Kier molecular flexibility index (Phi) is 5.79. The number of para-hydroxylation sites is 1. The Labute approximate surface area is 125 Å². The van der Waals surface area contributed by atoms with E-state index in [9.17, 15) is 4.79 Å². The summed E-state index contributed by atoms with van der Waals surface area (Å²) in [5.41, 5.74) is 2.86. The van der Waals surface area contributed by atoms with E-state index >= 15 is 0 Å². The van der Waals surface area contributed by atoms with Crippen LogP contribution >= 0.6 is 0 Å². The predicted octanol–water partition coefficient (Wildman–Crippen LogP) is 3.27. The molecule has 0 bridgehead atoms. The van der Waals surface area contributed by atoms with Gasteiger partial charge >= 0.3 is 0 Å². The first-order valence-electron chi connectivity index (χ1n) is 6.94. The van der Waals surface area contributed by atoms with Crippen LogP contribution in [0.5, 0.6) is 0 Å². The summed E-state index contributed by atoms with van der Waals surface area (Å²) >= 11 is 0. The monoisotopic (exact) mass is 284 g/mol. The van der Waals surface area contributed by atoms with Crippen molar-refractivity contribution >= 4 is 17.3 Å². The van der Waals surface area contributed by atoms with Crippen molar-refractivity contribution in [3.05, 3.63) is 60.2 Å². The fraction of sp³-hybridized carbons (Fsp3) is 0.235. The van der Waals surface area contributed by atoms with Crippen molar-refractivity contribution in [1.82, 2.24) is 0 Å². The first-order chi connectivity index (χ1) is 10.3. The van der Waals surface area contributed by atoms with Gasteiger partial charge in [-0.3, -0.25) is 4.79 Å². The van der Waals surface area contributed by atoms with Gasteiger partial charge in [0.05, 0.1) is 6.61 Å². The van der Waals surface area contributed by atoms with Crippen LogP contribution in [0.4, 0.5) is 11.4 Å². The molecule has 0 fully saturated rings. The molecule has 0 aliphatic carbocycles. The molecule has 4 nitrogen and oxygen atoms in total. The van der Waals surface area contributed by atoms with Gasteiger partial charge in [0.1, 0.15) is 0 Å². The quantitative estimate of drug-likeness (QED) is 0.820. The zero-order valence-corrected chi connectivity index (χ0v) is 12.1. The molecule has 0 spiro atoms. The summed E-state index contributed by atoms with van der Waals surface area (Å²) in [5, 5.41) is 6.10. The molecule has 0 aliphatic rings. The van der Waals surface area contributed by atoms with Crippen molar-refractivity contribution in [3.8, 4) is 0 Å². The number of benzene rings is 2. The Bertz CT molecular complexity index is 570. The largest absolute Gasteiger partial charge is 0.385 e. The molecule has 4 heteroatoms. The first kappa shape index (κ1) is 15.1. The molecule has 1 amide bonds. The minimum Gasteiger partial charge on any atom is -0.385 e. The third-order valence-electron chi connectivity index (χ3n) is 2.98. The van der Waals surface area contributed by atoms with Crippen LogP contribution in [-0.2, 0) is 16.1 Å². The van der Waals surface area contributed by atoms with E-state index in [0.717, 1.165) is 16.9 Å². The molecule has 0 unspecified atom stereocenters. The van der Waals surface area contributed by atoms with Gasteiger partial charge in [-0.2, -0.15) is 0 Å². The highest BCUT2D eigenvalue weighted by molar-refractivity contribution is 5.91. The van der Waals surface area contributed by atoms with E-state index < -0.39 is 0 Å². The maximum Gasteiger partial charge on any atom is 0.226 e. The Morgan fingerprint density at radius 1 is 1.05 bits per heavy atom. The minimum atomic E-state index is -0.00648. The van der Waals surface area contributed by atoms with Gasteiger partial charge in [0.25, 0.3) is 0 Å². The third kappa shape index (κ3) is 5.28. The molecule has 2 rings (SSSR count). The van der Waals surface area contributed by atoms with Crippen LogP contribution in [0.1, 0.15) is 12.0 Å². The Morgan fingerprint density at radius 3 is 2.57 bits per heavy atom. The average molecular weight is 284 g/mol. The van der Waals surface area contributed by atoms with Crippen LogP contribution < -0.4 is 10.6 Å². The number of nitrogens with one attached hydrogen (secondary N) is 2. The molecule has 2 N–H and O–H groups in total. The smallest absolute Gasteiger partial charge is 0.226 e. The number of methoxy groups -OCH3 is 1. The van der Waals surface area contributed by atoms with Gasteiger partial charge in [0, 0.05) is 31.5 Å². The number of carbonyl (C=O) groups excluding carboxylic acids is 1. The molecule has 0 heterocycles. The lowest BCUT2D eigenvalue weighted by Crippen LogP contribution is -2.16. The molecular formula is C17H20N2O2. The topological polar surface area (TPSA) is 50.4 Å². The maximum absolute atomic E-state index is 11.9. The molecule has 2 aromatic rings. The number of hydrogen-bond acceptors (Lipinski definition) is 3. The molecule has 21 heavy (non-hydrogen) atoms. The van der Waals surface area contributed by atoms with Gasteiger partial charge < -0.3 is 15.4 Å². The van der Waals surface area contributed by atoms with E-state index in [0.29, 0.717) is 19.6 Å². The Morgan fingerprint density at radius 2 is 1.81 bits per heavy atom. The fourth-order valence-electron chi connectivity index (χ4n) is 2.01. The average Bonchev–Trinajstić information content (AvgIpc) is 2.49. The van der Waals surface area contributed by atoms with Crippen molar-refractivity contribution in [2.45, 2.75) is 13.0 Å². The number of amides is 1. The molecule has 0 saturated heterocycles. The second kappa shape index (κ2) is 8.07. The van der Waals surface area contributed by atoms with E-state index in [4.69, 9.17) is 4.74 Å². The number of anilines is 2. The van der Waals surface area contributed by atoms with Crippen molar-refractivity contribution in [3.63, 3.8) is 0 Å². The second-order valence-corrected chi connectivity index (χ2v) is 4.72. The van der Waals surface area contributed by atoms with Gasteiger partial charge in [0.2, 0.25) is 5.91 Å². The minimum absolute atomic E-state index is 0.00648. The SMILES string of the molecule is COCc1cccc(NC(=O)CCNc2ccccc2)c1. The van der Waals surface area contributed by atoms with Crippen molar-refractivity contribution < 1.29 is 9.53 Å². The molecule has 0 aromatic heterocycles. The number of ether oxygens (including phenoxy) is 1. The molecule has 0 radical (unpaired) electrons. The van der Waals surface area contributed by atoms with E-state index in [1.165, 1.54) is 0 Å². The first-order valence-corrected chi connectivity index (χ1v) is 6.94. The van der Waals surface area contributed by atoms with Gasteiger partial charge in [-0.25, -0.2) is 0 Å². The summed E-state index contributed by atoms with van der Waals surface area (Å²) < 4.78 is 5.08. The van der Waals surface area contributed by atoms with Crippen LogP contribution in [0.15, 0.2) is 54.6 Å². The molecule has 0 aliphatic heterocycles. The lowest BCUT2D eigenvalue weighted by molar-refractivity contribution is -0.115. The summed E-state index contributed by atoms with van der Waals surface area (Å²) in [6.07, 6.45) is 0.420. The highest BCUT2D eigenvalue weighted by atomic mass is 16.5. The zero-order valence-electron chi connectivity index (χ0n) is 12.1. The molecule has 0 atom stereocenters. The van der Waals surface area contributed by atoms with Gasteiger partial charge in [0.15, 0.2) is 0 Å². The Balaban J connectivity index is 1.78. The standard InChI is InChI=1S/C17H20N2O2/c1-21-13-14-6-5-9-16(12-14)19-17(20)10-11-18-15-7-3-2-4-8-15/h2-9,12,18H,10-11,13H2,1H3,(H,19,20). The van der Waals surface area contributed by atoms with Crippen LogP contribution in [0.25, 0.3) is 0 Å².